The minimum absolute atomic E-state index is 0. The van der Waals surface area contributed by atoms with Gasteiger partial charge >= 0.3 is 5.97 Å². The molecule has 0 radical (unpaired) electrons. The number of carbonyl (C=O) groups is 1. The molecule has 16 heavy (non-hydrogen) atoms. The van der Waals surface area contributed by atoms with Crippen LogP contribution < -0.4 is 5.32 Å². The van der Waals surface area contributed by atoms with Gasteiger partial charge in [0.05, 0.1) is 0 Å². The van der Waals surface area contributed by atoms with Gasteiger partial charge in [-0.05, 0) is 30.9 Å². The largest absolute Gasteiger partial charge is 0.480 e. The molecule has 1 fully saturated rings. The van der Waals surface area contributed by atoms with E-state index in [4.69, 9.17) is 5.11 Å². The maximum Gasteiger partial charge on any atom is 0.320 e. The van der Waals surface area contributed by atoms with Crippen molar-refractivity contribution in [3.8, 4) is 0 Å². The molecular formula is C12H16ClNO2. The third kappa shape index (κ3) is 3.22. The van der Waals surface area contributed by atoms with Crippen molar-refractivity contribution in [1.82, 2.24) is 5.32 Å². The molecule has 2 atom stereocenters. The zero-order valence-corrected chi connectivity index (χ0v) is 9.74. The van der Waals surface area contributed by atoms with Gasteiger partial charge in [0.25, 0.3) is 0 Å². The topological polar surface area (TPSA) is 49.3 Å². The van der Waals surface area contributed by atoms with Crippen molar-refractivity contribution in [2.45, 2.75) is 18.9 Å². The van der Waals surface area contributed by atoms with Crippen molar-refractivity contribution in [3.63, 3.8) is 0 Å². The molecule has 0 spiro atoms. The van der Waals surface area contributed by atoms with Crippen molar-refractivity contribution >= 4 is 18.4 Å². The van der Waals surface area contributed by atoms with Crippen molar-refractivity contribution in [1.29, 1.82) is 0 Å². The first-order valence-corrected chi connectivity index (χ1v) is 5.26. The monoisotopic (exact) mass is 241 g/mol. The molecule has 0 amide bonds. The highest BCUT2D eigenvalue weighted by Gasteiger charge is 2.28. The van der Waals surface area contributed by atoms with E-state index in [1.165, 1.54) is 5.56 Å². The molecular weight excluding hydrogens is 226 g/mol. The summed E-state index contributed by atoms with van der Waals surface area (Å²) in [7, 11) is 0. The Morgan fingerprint density at radius 1 is 1.38 bits per heavy atom. The molecule has 2 N–H and O–H groups in total. The van der Waals surface area contributed by atoms with Gasteiger partial charge in [-0.1, -0.05) is 30.3 Å². The summed E-state index contributed by atoms with van der Waals surface area (Å²) in [4.78, 5) is 10.7. The Bertz CT molecular complexity index is 342. The number of halogens is 1. The van der Waals surface area contributed by atoms with Crippen LogP contribution >= 0.6 is 12.4 Å². The summed E-state index contributed by atoms with van der Waals surface area (Å²) in [6, 6.07) is 9.87. The number of hydrogen-bond acceptors (Lipinski definition) is 2. The zero-order valence-electron chi connectivity index (χ0n) is 8.93. The molecule has 0 bridgehead atoms. The standard InChI is InChI=1S/C12H15NO2.ClH/c14-12(15)11-7-10(8-13-11)6-9-4-2-1-3-5-9;/h1-5,10-11,13H,6-8H2,(H,14,15);1H. The van der Waals surface area contributed by atoms with E-state index < -0.39 is 5.97 Å². The second kappa shape index (κ2) is 5.87. The minimum Gasteiger partial charge on any atom is -0.480 e. The first-order valence-electron chi connectivity index (χ1n) is 5.26. The number of hydrogen-bond donors (Lipinski definition) is 2. The maximum atomic E-state index is 10.7. The predicted octanol–water partition coefficient (Wildman–Crippen LogP) is 1.71. The van der Waals surface area contributed by atoms with E-state index in [2.05, 4.69) is 17.4 Å². The van der Waals surface area contributed by atoms with Crippen molar-refractivity contribution in [3.05, 3.63) is 35.9 Å². The van der Waals surface area contributed by atoms with Crippen LogP contribution in [0.2, 0.25) is 0 Å². The van der Waals surface area contributed by atoms with E-state index in [0.29, 0.717) is 5.92 Å². The van der Waals surface area contributed by atoms with Crippen molar-refractivity contribution in [2.24, 2.45) is 5.92 Å². The molecule has 3 nitrogen and oxygen atoms in total. The molecule has 2 unspecified atom stereocenters. The summed E-state index contributed by atoms with van der Waals surface area (Å²) >= 11 is 0. The number of benzene rings is 1. The van der Waals surface area contributed by atoms with E-state index in [0.717, 1.165) is 19.4 Å². The Morgan fingerprint density at radius 3 is 2.62 bits per heavy atom. The second-order valence-electron chi connectivity index (χ2n) is 4.09. The molecule has 1 aromatic rings. The van der Waals surface area contributed by atoms with E-state index in [-0.39, 0.29) is 18.4 Å². The summed E-state index contributed by atoms with van der Waals surface area (Å²) in [6.07, 6.45) is 1.71. The fraction of sp³-hybridized carbons (Fsp3) is 0.417. The Kier molecular flexibility index (Phi) is 4.77. The SMILES string of the molecule is Cl.O=C(O)C1CC(Cc2ccccc2)CN1. The van der Waals surface area contributed by atoms with Gasteiger partial charge in [-0.2, -0.15) is 0 Å². The number of nitrogens with one attached hydrogen (secondary N) is 1. The van der Waals surface area contributed by atoms with E-state index in [1.54, 1.807) is 0 Å². The average Bonchev–Trinajstić information content (AvgIpc) is 2.68. The van der Waals surface area contributed by atoms with Gasteiger partial charge in [-0.3, -0.25) is 4.79 Å². The molecule has 1 aromatic carbocycles. The normalized spacial score (nSPS) is 23.8. The summed E-state index contributed by atoms with van der Waals surface area (Å²) in [5.74, 6) is -0.279. The zero-order chi connectivity index (χ0) is 10.7. The fourth-order valence-electron chi connectivity index (χ4n) is 2.10. The van der Waals surface area contributed by atoms with Crippen molar-refractivity contribution < 1.29 is 9.90 Å². The lowest BCUT2D eigenvalue weighted by Gasteiger charge is -2.07. The van der Waals surface area contributed by atoms with E-state index in [9.17, 15) is 4.79 Å². The molecule has 4 heteroatoms. The highest BCUT2D eigenvalue weighted by Crippen LogP contribution is 2.19. The number of carboxylic acid groups (broad SMARTS) is 1. The highest BCUT2D eigenvalue weighted by atomic mass is 35.5. The lowest BCUT2D eigenvalue weighted by Crippen LogP contribution is -2.29. The molecule has 1 aliphatic rings. The van der Waals surface area contributed by atoms with E-state index in [1.807, 2.05) is 18.2 Å². The van der Waals surface area contributed by atoms with Crippen LogP contribution in [0.4, 0.5) is 0 Å². The van der Waals surface area contributed by atoms with Crippen LogP contribution in [0.25, 0.3) is 0 Å². The van der Waals surface area contributed by atoms with Crippen LogP contribution in [0.3, 0.4) is 0 Å². The van der Waals surface area contributed by atoms with Crippen LogP contribution in [0.5, 0.6) is 0 Å². The summed E-state index contributed by atoms with van der Waals surface area (Å²) in [5.41, 5.74) is 1.29. The van der Waals surface area contributed by atoms with Gasteiger partial charge in [0.2, 0.25) is 0 Å². The Hall–Kier alpha value is -1.06. The van der Waals surface area contributed by atoms with Crippen LogP contribution in [0.1, 0.15) is 12.0 Å². The fourth-order valence-corrected chi connectivity index (χ4v) is 2.10. The lowest BCUT2D eigenvalue weighted by atomic mass is 9.97. The third-order valence-electron chi connectivity index (χ3n) is 2.89. The van der Waals surface area contributed by atoms with Gasteiger partial charge in [0.15, 0.2) is 0 Å². The maximum absolute atomic E-state index is 10.7. The van der Waals surface area contributed by atoms with Gasteiger partial charge in [-0.25, -0.2) is 0 Å². The predicted molar refractivity (Wildman–Crippen MR) is 64.9 cm³/mol. The number of carboxylic acids is 1. The molecule has 1 heterocycles. The first-order chi connectivity index (χ1) is 7.25. The average molecular weight is 242 g/mol. The van der Waals surface area contributed by atoms with Gasteiger partial charge in [0.1, 0.15) is 6.04 Å². The molecule has 2 rings (SSSR count). The lowest BCUT2D eigenvalue weighted by molar-refractivity contribution is -0.139. The van der Waals surface area contributed by atoms with Crippen LogP contribution in [-0.4, -0.2) is 23.7 Å². The van der Waals surface area contributed by atoms with Gasteiger partial charge in [-0.15, -0.1) is 12.4 Å². The van der Waals surface area contributed by atoms with Gasteiger partial charge in [0, 0.05) is 0 Å². The van der Waals surface area contributed by atoms with Crippen LogP contribution in [0, 0.1) is 5.92 Å². The Morgan fingerprint density at radius 2 is 2.06 bits per heavy atom. The molecule has 88 valence electrons. The molecule has 1 saturated heterocycles. The van der Waals surface area contributed by atoms with Crippen LogP contribution in [-0.2, 0) is 11.2 Å². The third-order valence-corrected chi connectivity index (χ3v) is 2.89. The first kappa shape index (κ1) is 13.0. The molecule has 0 saturated carbocycles. The Labute approximate surface area is 101 Å². The minimum atomic E-state index is -0.731. The summed E-state index contributed by atoms with van der Waals surface area (Å²) in [6.45, 7) is 0.811. The summed E-state index contributed by atoms with van der Waals surface area (Å²) in [5, 5.41) is 11.9. The summed E-state index contributed by atoms with van der Waals surface area (Å²) < 4.78 is 0. The highest BCUT2D eigenvalue weighted by molar-refractivity contribution is 5.85. The number of rotatable bonds is 3. The quantitative estimate of drug-likeness (QED) is 0.847. The molecule has 0 aromatic heterocycles. The second-order valence-corrected chi connectivity index (χ2v) is 4.09. The smallest absolute Gasteiger partial charge is 0.320 e. The van der Waals surface area contributed by atoms with Crippen LogP contribution in [0.15, 0.2) is 30.3 Å². The molecule has 0 aliphatic carbocycles. The van der Waals surface area contributed by atoms with E-state index >= 15 is 0 Å². The number of aliphatic carboxylic acids is 1. The molecule has 1 aliphatic heterocycles. The van der Waals surface area contributed by atoms with Gasteiger partial charge < -0.3 is 10.4 Å². The van der Waals surface area contributed by atoms with Crippen molar-refractivity contribution in [2.75, 3.05) is 6.54 Å². The Balaban J connectivity index is 0.00000128.